The number of hydrogen-bond donors (Lipinski definition) is 2. The van der Waals surface area contributed by atoms with Crippen molar-refractivity contribution in [3.8, 4) is 0 Å². The Hall–Kier alpha value is -3.51. The van der Waals surface area contributed by atoms with Crippen LogP contribution in [0.25, 0.3) is 0 Å². The number of amides is 1. The molecular weight excluding hydrogens is 595 g/mol. The molecule has 12 heteroatoms. The van der Waals surface area contributed by atoms with Gasteiger partial charge in [0, 0.05) is 48.2 Å². The molecule has 2 aliphatic heterocycles. The van der Waals surface area contributed by atoms with E-state index in [1.54, 1.807) is 6.07 Å². The Morgan fingerprint density at radius 2 is 1.73 bits per heavy atom. The minimum Gasteiger partial charge on any atom is -0.545 e. The van der Waals surface area contributed by atoms with Crippen LogP contribution >= 0.6 is 11.8 Å². The summed E-state index contributed by atoms with van der Waals surface area (Å²) in [4.78, 5) is 39.1. The van der Waals surface area contributed by atoms with Crippen LogP contribution in [-0.2, 0) is 20.6 Å². The molecule has 2 aromatic rings. The third-order valence-electron chi connectivity index (χ3n) is 7.52. The van der Waals surface area contributed by atoms with Crippen LogP contribution in [0.15, 0.2) is 64.4 Å². The van der Waals surface area contributed by atoms with E-state index in [1.165, 1.54) is 41.6 Å². The second-order valence-corrected chi connectivity index (χ2v) is 11.9. The Balaban J connectivity index is 0.000000583. The van der Waals surface area contributed by atoms with Crippen molar-refractivity contribution in [1.82, 2.24) is 4.90 Å². The third-order valence-corrected chi connectivity index (χ3v) is 8.65. The summed E-state index contributed by atoms with van der Waals surface area (Å²) >= 11 is 1.53. The molecule has 44 heavy (non-hydrogen) atoms. The molecule has 0 bridgehead atoms. The summed E-state index contributed by atoms with van der Waals surface area (Å²) in [6.07, 6.45) is 3.56. The molecule has 0 saturated carbocycles. The first kappa shape index (κ1) is 35.0. The van der Waals surface area contributed by atoms with Gasteiger partial charge in [0.15, 0.2) is 0 Å². The highest BCUT2D eigenvalue weighted by Gasteiger charge is 2.33. The lowest BCUT2D eigenvalue weighted by molar-refractivity contribution is -0.898. The number of nitrogens with one attached hydrogen (secondary N) is 1. The average Bonchev–Trinajstić information content (AvgIpc) is 3.23. The van der Waals surface area contributed by atoms with E-state index in [0.717, 1.165) is 73.9 Å². The fraction of sp³-hybridized carbons (Fsp3) is 0.469. The van der Waals surface area contributed by atoms with Crippen LogP contribution in [0.3, 0.4) is 0 Å². The zero-order valence-corrected chi connectivity index (χ0v) is 25.7. The highest BCUT2D eigenvalue weighted by Crippen LogP contribution is 2.49. The van der Waals surface area contributed by atoms with Gasteiger partial charge in [-0.05, 0) is 42.8 Å². The highest BCUT2D eigenvalue weighted by atomic mass is 32.2. The summed E-state index contributed by atoms with van der Waals surface area (Å²) in [6.45, 7) is 7.37. The number of carbonyl (C=O) groups is 3. The smallest absolute Gasteiger partial charge is 0.416 e. The zero-order valence-electron chi connectivity index (χ0n) is 24.9. The molecule has 8 nitrogen and oxygen atoms in total. The van der Waals surface area contributed by atoms with Gasteiger partial charge in [0.25, 0.3) is 0 Å². The van der Waals surface area contributed by atoms with E-state index in [2.05, 4.69) is 11.8 Å². The van der Waals surface area contributed by atoms with Gasteiger partial charge in [0.1, 0.15) is 0 Å². The number of para-hydroxylation sites is 1. The first-order valence-corrected chi connectivity index (χ1v) is 15.8. The van der Waals surface area contributed by atoms with Gasteiger partial charge in [-0.15, -0.1) is 0 Å². The highest BCUT2D eigenvalue weighted by molar-refractivity contribution is 7.99. The number of unbranched alkanes of at least 4 members (excludes halogenated alkanes) is 3. The largest absolute Gasteiger partial charge is 0.545 e. The second-order valence-electron chi connectivity index (χ2n) is 10.8. The fourth-order valence-corrected chi connectivity index (χ4v) is 6.36. The molecule has 0 radical (unpaired) electrons. The molecule has 0 spiro atoms. The van der Waals surface area contributed by atoms with Crippen LogP contribution in [0, 0.1) is 0 Å². The van der Waals surface area contributed by atoms with E-state index in [9.17, 15) is 32.7 Å². The van der Waals surface area contributed by atoms with Gasteiger partial charge in [0.2, 0.25) is 5.91 Å². The van der Waals surface area contributed by atoms with Crippen LogP contribution in [0.1, 0.15) is 57.4 Å². The molecule has 2 aromatic carbocycles. The molecular formula is C32H40F3N3O5S. The summed E-state index contributed by atoms with van der Waals surface area (Å²) in [5.74, 6) is -2.52. The number of halogens is 3. The van der Waals surface area contributed by atoms with Crippen molar-refractivity contribution in [1.29, 1.82) is 0 Å². The lowest BCUT2D eigenvalue weighted by Gasteiger charge is -2.33. The van der Waals surface area contributed by atoms with E-state index in [-0.39, 0.29) is 5.91 Å². The average molecular weight is 636 g/mol. The van der Waals surface area contributed by atoms with Gasteiger partial charge in [-0.1, -0.05) is 50.1 Å². The van der Waals surface area contributed by atoms with Crippen molar-refractivity contribution < 1.29 is 42.7 Å². The lowest BCUT2D eigenvalue weighted by atomic mass is 10.1. The normalized spacial score (nSPS) is 16.4. The number of carboxylic acids is 2. The van der Waals surface area contributed by atoms with Crippen molar-refractivity contribution in [3.63, 3.8) is 0 Å². The number of carbonyl (C=O) groups excluding carboxylic acids is 2. The minimum absolute atomic E-state index is 0.284. The monoisotopic (exact) mass is 635 g/mol. The molecule has 2 aliphatic rings. The number of benzene rings is 2. The Labute approximate surface area is 260 Å². The standard InChI is InChI=1S/C28H36F3N3OS.C4H4O4/c1-2-3-4-5-12-27(35)33-17-8-15-32(19-20-33)16-9-18-34-23-10-6-7-11-25(23)36-26-14-13-22(21-24(26)34)28(29,30)31;5-3(6)1-2-4(7)8/h6-7,10-11,13-14,21H,2-5,8-9,12,15-20H2,1H3;1-2H,(H,5,6)(H,7,8)/b;2-1-. The van der Waals surface area contributed by atoms with E-state index in [0.29, 0.717) is 30.8 Å². The molecule has 1 fully saturated rings. The Morgan fingerprint density at radius 3 is 2.41 bits per heavy atom. The minimum atomic E-state index is -4.36. The Morgan fingerprint density at radius 1 is 0.977 bits per heavy atom. The number of rotatable bonds is 11. The topological polar surface area (TPSA) is 105 Å². The van der Waals surface area contributed by atoms with Crippen LogP contribution in [0.5, 0.6) is 0 Å². The third kappa shape index (κ3) is 10.9. The summed E-state index contributed by atoms with van der Waals surface area (Å²) < 4.78 is 40.3. The van der Waals surface area contributed by atoms with E-state index >= 15 is 0 Å². The number of aliphatic carboxylic acids is 2. The maximum Gasteiger partial charge on any atom is 0.416 e. The number of quaternary nitrogens is 1. The number of fused-ring (bicyclic) bond motifs is 2. The lowest BCUT2D eigenvalue weighted by Crippen LogP contribution is -3.12. The number of hydrogen-bond acceptors (Lipinski definition) is 6. The number of carboxylic acid groups (broad SMARTS) is 2. The first-order valence-electron chi connectivity index (χ1n) is 15.0. The van der Waals surface area contributed by atoms with Crippen molar-refractivity contribution in [2.45, 2.75) is 67.8 Å². The van der Waals surface area contributed by atoms with E-state index < -0.39 is 23.7 Å². The Kier molecular flexibility index (Phi) is 13.6. The van der Waals surface area contributed by atoms with Crippen molar-refractivity contribution in [2.24, 2.45) is 0 Å². The maximum atomic E-state index is 13.4. The number of nitrogens with zero attached hydrogens (tertiary/aromatic N) is 2. The second kappa shape index (κ2) is 17.1. The molecule has 1 unspecified atom stereocenters. The fourth-order valence-electron chi connectivity index (χ4n) is 5.28. The van der Waals surface area contributed by atoms with Gasteiger partial charge in [-0.2, -0.15) is 13.2 Å². The van der Waals surface area contributed by atoms with Crippen molar-refractivity contribution in [3.05, 3.63) is 60.2 Å². The summed E-state index contributed by atoms with van der Waals surface area (Å²) in [7, 11) is 0. The van der Waals surface area contributed by atoms with Crippen molar-refractivity contribution >= 4 is 41.0 Å². The van der Waals surface area contributed by atoms with Gasteiger partial charge in [-0.25, -0.2) is 4.79 Å². The summed E-state index contributed by atoms with van der Waals surface area (Å²) in [6, 6.07) is 12.0. The van der Waals surface area contributed by atoms with E-state index in [1.807, 2.05) is 29.2 Å². The SMILES string of the molecule is CCCCCCC(=O)N1CCC[NH+](CCCN2c3ccccc3Sc3ccc(C(F)(F)F)cc32)CC1.O=C([O-])/C=C\C(=O)O. The molecule has 1 saturated heterocycles. The summed E-state index contributed by atoms with van der Waals surface area (Å²) in [5.41, 5.74) is 1.00. The van der Waals surface area contributed by atoms with Crippen LogP contribution in [-0.4, -0.2) is 67.1 Å². The molecule has 1 atom stereocenters. The molecule has 2 heterocycles. The molecule has 4 rings (SSSR count). The van der Waals surface area contributed by atoms with Gasteiger partial charge in [0.05, 0.1) is 49.1 Å². The quantitative estimate of drug-likeness (QED) is 0.282. The molecule has 240 valence electrons. The van der Waals surface area contributed by atoms with Crippen LogP contribution in [0.4, 0.5) is 24.5 Å². The predicted molar refractivity (Wildman–Crippen MR) is 161 cm³/mol. The number of anilines is 2. The Bertz CT molecular complexity index is 1290. The molecule has 0 aliphatic carbocycles. The predicted octanol–water partition coefficient (Wildman–Crippen LogP) is 4.16. The van der Waals surface area contributed by atoms with Crippen LogP contribution in [0.2, 0.25) is 0 Å². The maximum absolute atomic E-state index is 13.4. The van der Waals surface area contributed by atoms with Gasteiger partial charge in [-0.3, -0.25) is 4.79 Å². The van der Waals surface area contributed by atoms with Crippen LogP contribution < -0.4 is 14.9 Å². The first-order chi connectivity index (χ1) is 21.0. The van der Waals surface area contributed by atoms with Gasteiger partial charge < -0.3 is 29.7 Å². The van der Waals surface area contributed by atoms with E-state index in [4.69, 9.17) is 5.11 Å². The molecule has 1 amide bonds. The molecule has 0 aromatic heterocycles. The number of alkyl halides is 3. The zero-order chi connectivity index (χ0) is 32.1. The van der Waals surface area contributed by atoms with Crippen molar-refractivity contribution in [2.75, 3.05) is 44.2 Å². The molecule has 2 N–H and O–H groups in total. The van der Waals surface area contributed by atoms with Gasteiger partial charge >= 0.3 is 12.1 Å². The summed E-state index contributed by atoms with van der Waals surface area (Å²) in [5, 5.41) is 17.2.